The highest BCUT2D eigenvalue weighted by Crippen LogP contribution is 2.53. The summed E-state index contributed by atoms with van der Waals surface area (Å²) >= 11 is 0. The number of fused-ring (bicyclic) bond motifs is 1. The molecule has 0 radical (unpaired) electrons. The fraction of sp³-hybridized carbons (Fsp3) is 0.571. The van der Waals surface area contributed by atoms with E-state index in [1.807, 2.05) is 0 Å². The van der Waals surface area contributed by atoms with Crippen molar-refractivity contribution >= 4 is 9.84 Å². The molecule has 24 heavy (non-hydrogen) atoms. The number of benzene rings is 1. The molecular weight excluding hydrogens is 356 g/mol. The molecule has 0 aromatic heterocycles. The number of hydrogen-bond donors (Lipinski definition) is 1. The first kappa shape index (κ1) is 17.4. The van der Waals surface area contributed by atoms with Crippen LogP contribution in [0.3, 0.4) is 0 Å². The molecule has 0 saturated carbocycles. The fourth-order valence-corrected chi connectivity index (χ4v) is 4.34. The second-order valence-corrected chi connectivity index (χ2v) is 7.58. The van der Waals surface area contributed by atoms with Crippen molar-refractivity contribution in [2.75, 3.05) is 13.2 Å². The summed E-state index contributed by atoms with van der Waals surface area (Å²) in [4.78, 5) is -0.991. The number of sulfone groups is 1. The Bertz CT molecular complexity index is 744. The molecule has 134 valence electrons. The van der Waals surface area contributed by atoms with Crippen molar-refractivity contribution in [2.24, 2.45) is 0 Å². The number of aliphatic hydroxyl groups excluding tert-OH is 1. The van der Waals surface area contributed by atoms with Crippen LogP contribution < -0.4 is 4.74 Å². The minimum Gasteiger partial charge on any atom is -0.490 e. The van der Waals surface area contributed by atoms with E-state index in [1.165, 1.54) is 0 Å². The highest BCUT2D eigenvalue weighted by molar-refractivity contribution is 7.92. The van der Waals surface area contributed by atoms with Gasteiger partial charge in [-0.1, -0.05) is 0 Å². The van der Waals surface area contributed by atoms with Crippen molar-refractivity contribution in [3.05, 3.63) is 23.3 Å². The highest BCUT2D eigenvalue weighted by Gasteiger charge is 2.61. The fourth-order valence-electron chi connectivity index (χ4n) is 2.88. The molecule has 10 heteroatoms. The Hall–Kier alpha value is -1.39. The maximum atomic E-state index is 13.8. The summed E-state index contributed by atoms with van der Waals surface area (Å²) in [5.74, 6) is -0.400. The average Bonchev–Trinajstić information content (AvgIpc) is 2.66. The van der Waals surface area contributed by atoms with Gasteiger partial charge in [0.2, 0.25) is 9.84 Å². The van der Waals surface area contributed by atoms with E-state index in [0.717, 1.165) is 12.1 Å². The van der Waals surface area contributed by atoms with Gasteiger partial charge in [-0.15, -0.1) is 0 Å². The van der Waals surface area contributed by atoms with Crippen LogP contribution in [-0.4, -0.2) is 38.1 Å². The van der Waals surface area contributed by atoms with E-state index in [2.05, 4.69) is 0 Å². The molecule has 2 aliphatic rings. The predicted molar refractivity (Wildman–Crippen MR) is 73.0 cm³/mol. The van der Waals surface area contributed by atoms with Gasteiger partial charge in [0.15, 0.2) is 6.10 Å². The minimum absolute atomic E-state index is 0.370. The van der Waals surface area contributed by atoms with Crippen LogP contribution in [0.15, 0.2) is 17.0 Å². The number of alkyl halides is 4. The molecule has 1 aromatic rings. The Balaban J connectivity index is 2.10. The molecule has 3 rings (SSSR count). The largest absolute Gasteiger partial charge is 0.490 e. The Morgan fingerprint density at radius 3 is 2.46 bits per heavy atom. The monoisotopic (exact) mass is 370 g/mol. The molecule has 1 atom stereocenters. The Morgan fingerprint density at radius 2 is 1.88 bits per heavy atom. The first-order valence-electron chi connectivity index (χ1n) is 7.17. The van der Waals surface area contributed by atoms with Crippen LogP contribution in [0.5, 0.6) is 5.75 Å². The zero-order valence-corrected chi connectivity index (χ0v) is 13.0. The van der Waals surface area contributed by atoms with Gasteiger partial charge in [0.05, 0.1) is 23.7 Å². The van der Waals surface area contributed by atoms with Crippen molar-refractivity contribution in [3.8, 4) is 5.75 Å². The van der Waals surface area contributed by atoms with Gasteiger partial charge in [0, 0.05) is 18.4 Å². The van der Waals surface area contributed by atoms with Crippen LogP contribution in [0.1, 0.15) is 36.5 Å². The van der Waals surface area contributed by atoms with Crippen molar-refractivity contribution in [1.29, 1.82) is 0 Å². The number of aliphatic hydroxyl groups is 1. The number of halogens is 4. The maximum Gasteiger partial charge on any atom is 0.379 e. The third-order valence-corrected chi connectivity index (χ3v) is 6.00. The molecule has 1 fully saturated rings. The Labute approximate surface area is 135 Å². The van der Waals surface area contributed by atoms with Crippen LogP contribution in [0.2, 0.25) is 0 Å². The van der Waals surface area contributed by atoms with Crippen molar-refractivity contribution in [1.82, 2.24) is 0 Å². The zero-order chi connectivity index (χ0) is 17.7. The minimum atomic E-state index is -5.23. The molecule has 0 spiro atoms. The van der Waals surface area contributed by atoms with Gasteiger partial charge in [-0.2, -0.15) is 8.78 Å². The lowest BCUT2D eigenvalue weighted by Gasteiger charge is -2.25. The summed E-state index contributed by atoms with van der Waals surface area (Å²) in [5.41, 5.74) is -1.99. The maximum absolute atomic E-state index is 13.8. The Kier molecular flexibility index (Phi) is 4.25. The molecule has 1 saturated heterocycles. The van der Waals surface area contributed by atoms with E-state index in [4.69, 9.17) is 9.47 Å². The van der Waals surface area contributed by atoms with E-state index in [-0.39, 0.29) is 0 Å². The molecule has 1 unspecified atom stereocenters. The summed E-state index contributed by atoms with van der Waals surface area (Å²) in [6.45, 7) is 0.739. The van der Waals surface area contributed by atoms with Gasteiger partial charge in [-0.3, -0.25) is 0 Å². The molecular formula is C14H14F4O5S. The lowest BCUT2D eigenvalue weighted by atomic mass is 10.0. The average molecular weight is 370 g/mol. The van der Waals surface area contributed by atoms with Gasteiger partial charge in [-0.25, -0.2) is 17.2 Å². The summed E-state index contributed by atoms with van der Waals surface area (Å²) in [5, 5.41) is 5.11. The van der Waals surface area contributed by atoms with Gasteiger partial charge < -0.3 is 14.6 Å². The molecule has 1 N–H and O–H groups in total. The zero-order valence-electron chi connectivity index (χ0n) is 12.2. The van der Waals surface area contributed by atoms with E-state index >= 15 is 0 Å². The molecule has 0 amide bonds. The molecule has 5 nitrogen and oxygen atoms in total. The smallest absolute Gasteiger partial charge is 0.379 e. The van der Waals surface area contributed by atoms with Gasteiger partial charge in [-0.05, 0) is 12.1 Å². The molecule has 0 aliphatic carbocycles. The van der Waals surface area contributed by atoms with E-state index in [0.29, 0.717) is 26.1 Å². The summed E-state index contributed by atoms with van der Waals surface area (Å²) in [6.07, 6.45) is -5.74. The van der Waals surface area contributed by atoms with Crippen molar-refractivity contribution in [3.63, 3.8) is 0 Å². The predicted octanol–water partition coefficient (Wildman–Crippen LogP) is 2.60. The van der Waals surface area contributed by atoms with Gasteiger partial charge in [0.25, 0.3) is 6.43 Å². The quantitative estimate of drug-likeness (QED) is 0.828. The molecule has 2 aliphatic heterocycles. The lowest BCUT2D eigenvalue weighted by molar-refractivity contribution is -0.0394. The first-order valence-corrected chi connectivity index (χ1v) is 8.66. The third-order valence-electron chi connectivity index (χ3n) is 4.13. The molecule has 1 aromatic carbocycles. The van der Waals surface area contributed by atoms with Gasteiger partial charge in [0.1, 0.15) is 11.9 Å². The van der Waals surface area contributed by atoms with Crippen LogP contribution >= 0.6 is 0 Å². The Morgan fingerprint density at radius 1 is 1.25 bits per heavy atom. The second-order valence-electron chi connectivity index (χ2n) is 5.59. The van der Waals surface area contributed by atoms with E-state index in [1.54, 1.807) is 0 Å². The highest BCUT2D eigenvalue weighted by atomic mass is 32.2. The van der Waals surface area contributed by atoms with Crippen LogP contribution in [-0.2, 0) is 14.6 Å². The lowest BCUT2D eigenvalue weighted by Crippen LogP contribution is -2.29. The molecule has 0 bridgehead atoms. The van der Waals surface area contributed by atoms with Crippen molar-refractivity contribution in [2.45, 2.75) is 41.6 Å². The second kappa shape index (κ2) is 5.85. The number of ether oxygens (including phenoxy) is 2. The molecule has 2 heterocycles. The number of hydrogen-bond acceptors (Lipinski definition) is 5. The summed E-state index contributed by atoms with van der Waals surface area (Å²) < 4.78 is 88.6. The van der Waals surface area contributed by atoms with Gasteiger partial charge >= 0.3 is 5.25 Å². The van der Waals surface area contributed by atoms with Crippen molar-refractivity contribution < 1.29 is 40.6 Å². The topological polar surface area (TPSA) is 72.8 Å². The normalized spacial score (nSPS) is 25.7. The third kappa shape index (κ3) is 2.47. The van der Waals surface area contributed by atoms with Crippen LogP contribution in [0, 0.1) is 0 Å². The van der Waals surface area contributed by atoms with Crippen LogP contribution in [0.25, 0.3) is 0 Å². The van der Waals surface area contributed by atoms with E-state index < -0.39 is 55.5 Å². The number of rotatable bonds is 3. The summed E-state index contributed by atoms with van der Waals surface area (Å²) in [7, 11) is -5.23. The first-order chi connectivity index (χ1) is 11.2. The SMILES string of the molecule is O=S1(=O)c2ccc(OC3CCOCC3)c(C(F)F)c2C(O)C1(F)F. The van der Waals surface area contributed by atoms with E-state index in [9.17, 15) is 31.1 Å². The standard InChI is InChI=1S/C14H14F4O5S/c15-13(16)10-8(23-7-3-5-22-6-4-7)1-2-9-11(10)12(19)14(17,18)24(9,20)21/h1-2,7,12-13,19H,3-6H2. The summed E-state index contributed by atoms with van der Waals surface area (Å²) in [6, 6.07) is 1.71. The van der Waals surface area contributed by atoms with Crippen LogP contribution in [0.4, 0.5) is 17.6 Å².